The van der Waals surface area contributed by atoms with Crippen molar-refractivity contribution in [3.8, 4) is 0 Å². The Hall–Kier alpha value is -3.57. The van der Waals surface area contributed by atoms with Gasteiger partial charge in [-0.3, -0.25) is 10.00 Å². The zero-order valence-corrected chi connectivity index (χ0v) is 22.6. The molecular weight excluding hydrogens is 509 g/mol. The van der Waals surface area contributed by atoms with E-state index in [0.29, 0.717) is 34.8 Å². The number of piperidine rings is 1. The van der Waals surface area contributed by atoms with Gasteiger partial charge in [-0.05, 0) is 69.0 Å². The maximum absolute atomic E-state index is 15.2. The lowest BCUT2D eigenvalue weighted by Gasteiger charge is -2.32. The van der Waals surface area contributed by atoms with Crippen molar-refractivity contribution in [2.45, 2.75) is 58.9 Å². The number of nitrogens with zero attached hydrogens (tertiary/aromatic N) is 6. The van der Waals surface area contributed by atoms with Gasteiger partial charge in [0, 0.05) is 17.7 Å². The second kappa shape index (κ2) is 11.0. The highest BCUT2D eigenvalue weighted by molar-refractivity contribution is 6.32. The average Bonchev–Trinajstić information content (AvgIpc) is 3.53. The zero-order valence-electron chi connectivity index (χ0n) is 21.8. The van der Waals surface area contributed by atoms with E-state index in [1.54, 1.807) is 6.07 Å². The highest BCUT2D eigenvalue weighted by atomic mass is 35.5. The lowest BCUT2D eigenvalue weighted by atomic mass is 9.86. The molecule has 1 aliphatic rings. The highest BCUT2D eigenvalue weighted by Crippen LogP contribution is 2.34. The number of anilines is 4. The van der Waals surface area contributed by atoms with Crippen LogP contribution in [0.3, 0.4) is 0 Å². The fourth-order valence-corrected chi connectivity index (χ4v) is 4.77. The summed E-state index contributed by atoms with van der Waals surface area (Å²) in [7, 11) is 0. The number of aromatic amines is 1. The second-order valence-electron chi connectivity index (χ2n) is 10.0. The number of likely N-dealkylation sites (tertiary alicyclic amines) is 1. The predicted molar refractivity (Wildman–Crippen MR) is 144 cm³/mol. The Morgan fingerprint density at radius 3 is 2.63 bits per heavy atom. The number of benzene rings is 1. The maximum atomic E-state index is 15.2. The third-order valence-corrected chi connectivity index (χ3v) is 6.96. The van der Waals surface area contributed by atoms with E-state index in [1.807, 2.05) is 39.8 Å². The molecule has 0 bridgehead atoms. The molecule has 1 fully saturated rings. The maximum Gasteiger partial charge on any atom is 0.240 e. The van der Waals surface area contributed by atoms with Crippen molar-refractivity contribution in [2.75, 3.05) is 23.7 Å². The first-order valence-corrected chi connectivity index (χ1v) is 13.1. The van der Waals surface area contributed by atoms with Crippen LogP contribution in [0.1, 0.15) is 67.1 Å². The molecule has 0 saturated carbocycles. The normalized spacial score (nSPS) is 14.8. The van der Waals surface area contributed by atoms with Gasteiger partial charge >= 0.3 is 0 Å². The van der Waals surface area contributed by atoms with Gasteiger partial charge in [0.1, 0.15) is 10.8 Å². The Labute approximate surface area is 225 Å². The summed E-state index contributed by atoms with van der Waals surface area (Å²) in [6.45, 7) is 10.4. The van der Waals surface area contributed by atoms with Gasteiger partial charge in [0.2, 0.25) is 11.8 Å². The number of nitrogens with one attached hydrogen (secondary N) is 3. The Morgan fingerprint density at radius 1 is 1.16 bits per heavy atom. The smallest absolute Gasteiger partial charge is 0.240 e. The summed E-state index contributed by atoms with van der Waals surface area (Å²) in [4.78, 5) is 15.4. The van der Waals surface area contributed by atoms with E-state index >= 15 is 4.39 Å². The first-order valence-electron chi connectivity index (χ1n) is 12.7. The van der Waals surface area contributed by atoms with Gasteiger partial charge < -0.3 is 15.2 Å². The number of halogens is 2. The van der Waals surface area contributed by atoms with E-state index < -0.39 is 0 Å². The van der Waals surface area contributed by atoms with Crippen LogP contribution in [0.15, 0.2) is 28.9 Å². The molecule has 3 N–H and O–H groups in total. The van der Waals surface area contributed by atoms with Crippen molar-refractivity contribution >= 4 is 34.9 Å². The fraction of sp³-hybridized carbons (Fsp3) is 0.423. The van der Waals surface area contributed by atoms with E-state index in [2.05, 4.69) is 45.8 Å². The van der Waals surface area contributed by atoms with Gasteiger partial charge in [-0.2, -0.15) is 15.1 Å². The molecule has 0 unspecified atom stereocenters. The minimum atomic E-state index is -0.351. The summed E-state index contributed by atoms with van der Waals surface area (Å²) in [6, 6.07) is 5.27. The van der Waals surface area contributed by atoms with Crippen LogP contribution in [0, 0.1) is 19.7 Å². The van der Waals surface area contributed by atoms with Crippen LogP contribution >= 0.6 is 11.6 Å². The van der Waals surface area contributed by atoms with Crippen molar-refractivity contribution in [1.29, 1.82) is 0 Å². The standard InChI is InChI=1S/C26H31ClFN9O/c1-14(2)24-32-23(38-36-24)13-37-7-5-17(6-8-37)18-11-20(28)21(9-15(18)3)30-26-29-12-19(27)25(33-26)31-22-10-16(4)34-35-22/h9-12,14,17H,5-8,13H2,1-4H3,(H3,29,30,31,33,34,35). The van der Waals surface area contributed by atoms with Crippen LogP contribution in [0.25, 0.3) is 0 Å². The molecule has 3 aromatic heterocycles. The molecule has 0 spiro atoms. The zero-order chi connectivity index (χ0) is 26.8. The Morgan fingerprint density at radius 2 is 1.95 bits per heavy atom. The van der Waals surface area contributed by atoms with Crippen LogP contribution in [0.4, 0.5) is 27.7 Å². The van der Waals surface area contributed by atoms with Crippen LogP contribution < -0.4 is 10.6 Å². The highest BCUT2D eigenvalue weighted by Gasteiger charge is 2.25. The minimum absolute atomic E-state index is 0.227. The van der Waals surface area contributed by atoms with Crippen molar-refractivity contribution in [3.05, 3.63) is 63.8 Å². The number of aryl methyl sites for hydroxylation is 2. The van der Waals surface area contributed by atoms with Gasteiger partial charge in [-0.25, -0.2) is 9.37 Å². The first kappa shape index (κ1) is 26.1. The summed E-state index contributed by atoms with van der Waals surface area (Å²) in [6.07, 6.45) is 3.32. The minimum Gasteiger partial charge on any atom is -0.338 e. The second-order valence-corrected chi connectivity index (χ2v) is 10.4. The topological polar surface area (TPSA) is 121 Å². The lowest BCUT2D eigenvalue weighted by molar-refractivity contribution is 0.180. The Kier molecular flexibility index (Phi) is 7.57. The molecule has 0 radical (unpaired) electrons. The molecule has 200 valence electrons. The summed E-state index contributed by atoms with van der Waals surface area (Å²) in [5.41, 5.74) is 3.25. The van der Waals surface area contributed by atoms with Gasteiger partial charge in [0.15, 0.2) is 17.5 Å². The molecule has 0 amide bonds. The number of rotatable bonds is 8. The summed E-state index contributed by atoms with van der Waals surface area (Å²) < 4.78 is 20.6. The molecule has 10 nitrogen and oxygen atoms in total. The third kappa shape index (κ3) is 5.94. The monoisotopic (exact) mass is 539 g/mol. The third-order valence-electron chi connectivity index (χ3n) is 6.69. The van der Waals surface area contributed by atoms with E-state index in [-0.39, 0.29) is 23.6 Å². The number of aromatic nitrogens is 6. The molecule has 0 atom stereocenters. The summed E-state index contributed by atoms with van der Waals surface area (Å²) in [5, 5.41) is 17.4. The molecule has 0 aliphatic carbocycles. The van der Waals surface area contributed by atoms with Gasteiger partial charge in [-0.1, -0.05) is 30.6 Å². The number of H-pyrrole nitrogens is 1. The van der Waals surface area contributed by atoms with Crippen molar-refractivity contribution in [3.63, 3.8) is 0 Å². The summed E-state index contributed by atoms with van der Waals surface area (Å²) in [5.74, 6) is 2.72. The number of hydrogen-bond donors (Lipinski definition) is 3. The van der Waals surface area contributed by atoms with Gasteiger partial charge in [0.05, 0.1) is 18.4 Å². The Balaban J connectivity index is 1.23. The van der Waals surface area contributed by atoms with Crippen molar-refractivity contribution < 1.29 is 8.91 Å². The van der Waals surface area contributed by atoms with Crippen LogP contribution in [-0.2, 0) is 6.54 Å². The van der Waals surface area contributed by atoms with Crippen LogP contribution in [-0.4, -0.2) is 48.3 Å². The first-order chi connectivity index (χ1) is 18.2. The predicted octanol–water partition coefficient (Wildman–Crippen LogP) is 5.98. The molecule has 1 aromatic carbocycles. The average molecular weight is 540 g/mol. The molecule has 4 heterocycles. The van der Waals surface area contributed by atoms with E-state index in [4.69, 9.17) is 16.1 Å². The Bertz CT molecular complexity index is 1410. The van der Waals surface area contributed by atoms with Crippen molar-refractivity contribution in [2.24, 2.45) is 0 Å². The fourth-order valence-electron chi connectivity index (χ4n) is 4.63. The quantitative estimate of drug-likeness (QED) is 0.248. The molecule has 1 aliphatic heterocycles. The van der Waals surface area contributed by atoms with E-state index in [9.17, 15) is 0 Å². The van der Waals surface area contributed by atoms with E-state index in [0.717, 1.165) is 48.6 Å². The summed E-state index contributed by atoms with van der Waals surface area (Å²) >= 11 is 6.25. The van der Waals surface area contributed by atoms with Crippen molar-refractivity contribution in [1.82, 2.24) is 35.2 Å². The largest absolute Gasteiger partial charge is 0.338 e. The lowest BCUT2D eigenvalue weighted by Crippen LogP contribution is -2.32. The molecule has 38 heavy (non-hydrogen) atoms. The number of hydrogen-bond acceptors (Lipinski definition) is 9. The molecule has 1 saturated heterocycles. The van der Waals surface area contributed by atoms with E-state index in [1.165, 1.54) is 6.20 Å². The van der Waals surface area contributed by atoms with Crippen LogP contribution in [0.2, 0.25) is 5.02 Å². The van der Waals surface area contributed by atoms with Gasteiger partial charge in [0.25, 0.3) is 0 Å². The molecule has 5 rings (SSSR count). The molecule has 4 aromatic rings. The molecule has 12 heteroatoms. The SMILES string of the molecule is Cc1cc(Nc2nc(Nc3cc(C)c(C4CCN(Cc5nc(C(C)C)no5)CC4)cc3F)ncc2Cl)n[nH]1. The molecular formula is C26H31ClFN9O. The van der Waals surface area contributed by atoms with Gasteiger partial charge in [-0.15, -0.1) is 0 Å². The van der Waals surface area contributed by atoms with Crippen LogP contribution in [0.5, 0.6) is 0 Å².